The SMILES string of the molecule is Cc1cc(S(=O)(=O)NNC(=O)C2CCCO2)c(C)s1. The number of nitrogens with one attached hydrogen (secondary N) is 2. The van der Waals surface area contributed by atoms with Crippen molar-refractivity contribution in [1.29, 1.82) is 0 Å². The van der Waals surface area contributed by atoms with Crippen LogP contribution in [0.4, 0.5) is 0 Å². The van der Waals surface area contributed by atoms with Gasteiger partial charge in [-0.2, -0.15) is 0 Å². The lowest BCUT2D eigenvalue weighted by Crippen LogP contribution is -2.46. The minimum atomic E-state index is -3.72. The van der Waals surface area contributed by atoms with Crippen LogP contribution in [-0.2, 0) is 19.6 Å². The Balaban J connectivity index is 2.01. The third-order valence-electron chi connectivity index (χ3n) is 2.82. The molecular weight excluding hydrogens is 288 g/mol. The predicted molar refractivity (Wildman–Crippen MR) is 71.2 cm³/mol. The average Bonchev–Trinajstić information content (AvgIpc) is 2.96. The zero-order valence-corrected chi connectivity index (χ0v) is 12.4. The maximum Gasteiger partial charge on any atom is 0.264 e. The van der Waals surface area contributed by atoms with Gasteiger partial charge in [-0.05, 0) is 32.8 Å². The summed E-state index contributed by atoms with van der Waals surface area (Å²) in [6.07, 6.45) is 0.866. The molecule has 2 N–H and O–H groups in total. The highest BCUT2D eigenvalue weighted by atomic mass is 32.2. The first-order valence-corrected chi connectivity index (χ1v) is 8.20. The number of sulfonamides is 1. The van der Waals surface area contributed by atoms with Crippen molar-refractivity contribution in [2.24, 2.45) is 0 Å². The van der Waals surface area contributed by atoms with Gasteiger partial charge in [-0.1, -0.05) is 0 Å². The molecule has 1 atom stereocenters. The predicted octanol–water partition coefficient (Wildman–Crippen LogP) is 0.853. The second-order valence-corrected chi connectivity index (χ2v) is 7.49. The third kappa shape index (κ3) is 3.33. The standard InChI is InChI=1S/C11H16N2O4S2/c1-7-6-10(8(2)18-7)19(15,16)13-12-11(14)9-4-3-5-17-9/h6,9,13H,3-5H2,1-2H3,(H,12,14). The molecule has 1 aliphatic rings. The van der Waals surface area contributed by atoms with Crippen LogP contribution in [0.2, 0.25) is 0 Å². The fraction of sp³-hybridized carbons (Fsp3) is 0.545. The molecule has 2 heterocycles. The average molecular weight is 304 g/mol. The molecular formula is C11H16N2O4S2. The highest BCUT2D eigenvalue weighted by molar-refractivity contribution is 7.89. The number of aryl methyl sites for hydroxylation is 2. The summed E-state index contributed by atoms with van der Waals surface area (Å²) in [5.41, 5.74) is 2.20. The maximum atomic E-state index is 12.0. The monoisotopic (exact) mass is 304 g/mol. The van der Waals surface area contributed by atoms with Gasteiger partial charge >= 0.3 is 0 Å². The lowest BCUT2D eigenvalue weighted by atomic mass is 10.2. The van der Waals surface area contributed by atoms with Crippen molar-refractivity contribution >= 4 is 27.3 Å². The van der Waals surface area contributed by atoms with E-state index < -0.39 is 22.0 Å². The molecule has 1 aliphatic heterocycles. The van der Waals surface area contributed by atoms with Crippen molar-refractivity contribution in [2.75, 3.05) is 6.61 Å². The fourth-order valence-electron chi connectivity index (χ4n) is 1.91. The van der Waals surface area contributed by atoms with Gasteiger partial charge in [0.2, 0.25) is 0 Å². The van der Waals surface area contributed by atoms with E-state index in [2.05, 4.69) is 10.3 Å². The smallest absolute Gasteiger partial charge is 0.264 e. The summed E-state index contributed by atoms with van der Waals surface area (Å²) in [4.78, 5) is 15.6. The normalized spacial score (nSPS) is 19.6. The summed E-state index contributed by atoms with van der Waals surface area (Å²) in [6.45, 7) is 4.10. The number of amides is 1. The number of hydrogen-bond acceptors (Lipinski definition) is 5. The largest absolute Gasteiger partial charge is 0.368 e. The molecule has 0 aromatic carbocycles. The Kier molecular flexibility index (Phi) is 4.24. The molecule has 0 radical (unpaired) electrons. The number of carbonyl (C=O) groups excluding carboxylic acids is 1. The molecule has 8 heteroatoms. The van der Waals surface area contributed by atoms with Crippen LogP contribution in [0.3, 0.4) is 0 Å². The number of carbonyl (C=O) groups is 1. The van der Waals surface area contributed by atoms with Crippen molar-refractivity contribution in [2.45, 2.75) is 37.7 Å². The van der Waals surface area contributed by atoms with E-state index in [0.717, 1.165) is 11.3 Å². The van der Waals surface area contributed by atoms with Crippen molar-refractivity contribution in [3.63, 3.8) is 0 Å². The number of hydrogen-bond donors (Lipinski definition) is 2. The summed E-state index contributed by atoms with van der Waals surface area (Å²) < 4.78 is 29.2. The van der Waals surface area contributed by atoms with Crippen LogP contribution >= 0.6 is 11.3 Å². The molecule has 0 aliphatic carbocycles. The number of rotatable bonds is 4. The van der Waals surface area contributed by atoms with Crippen molar-refractivity contribution in [3.05, 3.63) is 15.8 Å². The Labute approximate surface area is 116 Å². The third-order valence-corrected chi connectivity index (χ3v) is 5.28. The molecule has 0 spiro atoms. The molecule has 2 rings (SSSR count). The van der Waals surface area contributed by atoms with Crippen molar-refractivity contribution < 1.29 is 17.9 Å². The van der Waals surface area contributed by atoms with E-state index in [-0.39, 0.29) is 4.90 Å². The molecule has 1 aromatic heterocycles. The second kappa shape index (κ2) is 5.58. The van der Waals surface area contributed by atoms with Gasteiger partial charge in [0.1, 0.15) is 6.10 Å². The number of hydrazine groups is 1. The Morgan fingerprint density at radius 3 is 2.74 bits per heavy atom. The Hall–Kier alpha value is -0.960. The van der Waals surface area contributed by atoms with Gasteiger partial charge in [-0.15, -0.1) is 16.2 Å². The van der Waals surface area contributed by atoms with Crippen LogP contribution < -0.4 is 10.3 Å². The second-order valence-electron chi connectivity index (χ2n) is 4.37. The van der Waals surface area contributed by atoms with Crippen LogP contribution in [0.15, 0.2) is 11.0 Å². The van der Waals surface area contributed by atoms with Gasteiger partial charge in [0.25, 0.3) is 15.9 Å². The van der Waals surface area contributed by atoms with E-state index in [1.807, 2.05) is 6.92 Å². The highest BCUT2D eigenvalue weighted by Crippen LogP contribution is 2.24. The van der Waals surface area contributed by atoms with Crippen molar-refractivity contribution in [1.82, 2.24) is 10.3 Å². The van der Waals surface area contributed by atoms with Gasteiger partial charge in [0, 0.05) is 16.4 Å². The molecule has 19 heavy (non-hydrogen) atoms. The van der Waals surface area contributed by atoms with Crippen LogP contribution in [0.25, 0.3) is 0 Å². The Morgan fingerprint density at radius 1 is 1.47 bits per heavy atom. The first kappa shape index (κ1) is 14.4. The molecule has 6 nitrogen and oxygen atoms in total. The molecule has 1 amide bonds. The van der Waals surface area contributed by atoms with E-state index in [1.165, 1.54) is 11.3 Å². The van der Waals surface area contributed by atoms with Gasteiger partial charge in [0.05, 0.1) is 4.90 Å². The lowest BCUT2D eigenvalue weighted by molar-refractivity contribution is -0.130. The molecule has 0 bridgehead atoms. The minimum Gasteiger partial charge on any atom is -0.368 e. The van der Waals surface area contributed by atoms with Gasteiger partial charge in [-0.3, -0.25) is 10.2 Å². The zero-order valence-electron chi connectivity index (χ0n) is 10.7. The van der Waals surface area contributed by atoms with E-state index >= 15 is 0 Å². The zero-order chi connectivity index (χ0) is 14.0. The number of thiophene rings is 1. The Bertz CT molecular complexity index is 574. The van der Waals surface area contributed by atoms with Gasteiger partial charge in [-0.25, -0.2) is 8.42 Å². The molecule has 106 valence electrons. The highest BCUT2D eigenvalue weighted by Gasteiger charge is 2.26. The molecule has 1 fully saturated rings. The van der Waals surface area contributed by atoms with Crippen LogP contribution in [-0.4, -0.2) is 27.0 Å². The number of ether oxygens (including phenoxy) is 1. The van der Waals surface area contributed by atoms with Crippen molar-refractivity contribution in [3.8, 4) is 0 Å². The molecule has 0 saturated carbocycles. The van der Waals surface area contributed by atoms with Crippen LogP contribution in [0.1, 0.15) is 22.6 Å². The molecule has 1 saturated heterocycles. The van der Waals surface area contributed by atoms with E-state index in [1.54, 1.807) is 13.0 Å². The van der Waals surface area contributed by atoms with Gasteiger partial charge in [0.15, 0.2) is 0 Å². The summed E-state index contributed by atoms with van der Waals surface area (Å²) in [5.74, 6) is -0.453. The Morgan fingerprint density at radius 2 is 2.21 bits per heavy atom. The van der Waals surface area contributed by atoms with Crippen LogP contribution in [0.5, 0.6) is 0 Å². The fourth-order valence-corrected chi connectivity index (χ4v) is 4.31. The van der Waals surface area contributed by atoms with E-state index in [4.69, 9.17) is 4.74 Å². The first-order chi connectivity index (χ1) is 8.90. The first-order valence-electron chi connectivity index (χ1n) is 5.90. The van der Waals surface area contributed by atoms with Crippen LogP contribution in [0, 0.1) is 13.8 Å². The summed E-state index contributed by atoms with van der Waals surface area (Å²) in [6, 6.07) is 1.58. The summed E-state index contributed by atoms with van der Waals surface area (Å²) in [5, 5.41) is 0. The quantitative estimate of drug-likeness (QED) is 0.808. The summed E-state index contributed by atoms with van der Waals surface area (Å²) in [7, 11) is -3.72. The molecule has 1 unspecified atom stereocenters. The minimum absolute atomic E-state index is 0.197. The lowest BCUT2D eigenvalue weighted by Gasteiger charge is -2.11. The van der Waals surface area contributed by atoms with E-state index in [9.17, 15) is 13.2 Å². The topological polar surface area (TPSA) is 84.5 Å². The maximum absolute atomic E-state index is 12.0. The van der Waals surface area contributed by atoms with Gasteiger partial charge < -0.3 is 4.74 Å². The van der Waals surface area contributed by atoms with E-state index in [0.29, 0.717) is 17.9 Å². The molecule has 1 aromatic rings. The summed E-state index contributed by atoms with van der Waals surface area (Å²) >= 11 is 1.40.